The van der Waals surface area contributed by atoms with Gasteiger partial charge in [-0.25, -0.2) is 0 Å². The van der Waals surface area contributed by atoms with Crippen molar-refractivity contribution in [2.75, 3.05) is 13.7 Å². The minimum Gasteiger partial charge on any atom is -0.490 e. The molecule has 0 radical (unpaired) electrons. The lowest BCUT2D eigenvalue weighted by atomic mass is 9.90. The number of hydrogen-bond acceptors (Lipinski definition) is 3. The van der Waals surface area contributed by atoms with Crippen LogP contribution in [0.25, 0.3) is 0 Å². The molecule has 104 valence electrons. The molecule has 1 saturated heterocycles. The van der Waals surface area contributed by atoms with Crippen LogP contribution < -0.4 is 10.1 Å². The van der Waals surface area contributed by atoms with Crippen molar-refractivity contribution in [1.29, 1.82) is 0 Å². The van der Waals surface area contributed by atoms with E-state index in [-0.39, 0.29) is 0 Å². The van der Waals surface area contributed by atoms with E-state index in [2.05, 4.69) is 37.4 Å². The van der Waals surface area contributed by atoms with Gasteiger partial charge in [0, 0.05) is 18.4 Å². The van der Waals surface area contributed by atoms with E-state index in [1.54, 1.807) is 0 Å². The molecule has 0 spiro atoms. The fourth-order valence-corrected chi connectivity index (χ4v) is 3.39. The lowest BCUT2D eigenvalue weighted by Crippen LogP contribution is -2.25. The van der Waals surface area contributed by atoms with Gasteiger partial charge in [0.1, 0.15) is 11.9 Å². The van der Waals surface area contributed by atoms with Crippen molar-refractivity contribution in [3.05, 3.63) is 29.3 Å². The first-order chi connectivity index (χ1) is 9.17. The molecule has 4 unspecified atom stereocenters. The Morgan fingerprint density at radius 3 is 2.79 bits per heavy atom. The molecule has 0 saturated carbocycles. The van der Waals surface area contributed by atoms with Crippen LogP contribution in [0, 0.1) is 5.92 Å². The molecule has 2 aliphatic rings. The van der Waals surface area contributed by atoms with Crippen LogP contribution in [-0.2, 0) is 11.2 Å². The maximum atomic E-state index is 5.77. The number of rotatable bonds is 3. The highest BCUT2D eigenvalue weighted by Crippen LogP contribution is 2.35. The predicted octanol–water partition coefficient (Wildman–Crippen LogP) is 2.70. The van der Waals surface area contributed by atoms with Gasteiger partial charge < -0.3 is 14.8 Å². The molecule has 3 rings (SSSR count). The Morgan fingerprint density at radius 1 is 1.26 bits per heavy atom. The number of benzene rings is 1. The second kappa shape index (κ2) is 5.14. The molecule has 1 aromatic rings. The minimum atomic E-state index is 0.313. The van der Waals surface area contributed by atoms with Gasteiger partial charge in [-0.15, -0.1) is 0 Å². The average molecular weight is 261 g/mol. The Labute approximate surface area is 115 Å². The third kappa shape index (κ3) is 2.49. The lowest BCUT2D eigenvalue weighted by molar-refractivity contribution is 0.117. The smallest absolute Gasteiger partial charge is 0.123 e. The first kappa shape index (κ1) is 12.9. The van der Waals surface area contributed by atoms with Crippen LogP contribution in [0.3, 0.4) is 0 Å². The summed E-state index contributed by atoms with van der Waals surface area (Å²) in [6.07, 6.45) is 2.86. The van der Waals surface area contributed by atoms with Gasteiger partial charge in [0.05, 0.1) is 12.7 Å². The van der Waals surface area contributed by atoms with E-state index >= 15 is 0 Å². The maximum Gasteiger partial charge on any atom is 0.123 e. The van der Waals surface area contributed by atoms with Crippen molar-refractivity contribution in [3.8, 4) is 5.75 Å². The van der Waals surface area contributed by atoms with Gasteiger partial charge >= 0.3 is 0 Å². The van der Waals surface area contributed by atoms with Gasteiger partial charge in [0.25, 0.3) is 0 Å². The lowest BCUT2D eigenvalue weighted by Gasteiger charge is -2.23. The van der Waals surface area contributed by atoms with Crippen LogP contribution >= 0.6 is 0 Å². The molecule has 1 aromatic carbocycles. The van der Waals surface area contributed by atoms with Crippen LogP contribution in [0.1, 0.15) is 37.4 Å². The Morgan fingerprint density at radius 2 is 2.11 bits per heavy atom. The molecule has 0 aromatic heterocycles. The molecule has 0 bridgehead atoms. The number of nitrogens with one attached hydrogen (secondary N) is 1. The molecule has 19 heavy (non-hydrogen) atoms. The summed E-state index contributed by atoms with van der Waals surface area (Å²) in [5.41, 5.74) is 2.71. The Kier molecular flexibility index (Phi) is 3.50. The number of hydrogen-bond donors (Lipinski definition) is 1. The summed E-state index contributed by atoms with van der Waals surface area (Å²) in [5, 5.41) is 3.46. The summed E-state index contributed by atoms with van der Waals surface area (Å²) in [5.74, 6) is 1.62. The van der Waals surface area contributed by atoms with Crippen LogP contribution in [0.2, 0.25) is 0 Å². The SMILES string of the molecule is CNC(c1ccc2c(c1)CC(C)O2)C1COC(C)C1. The fourth-order valence-electron chi connectivity index (χ4n) is 3.39. The van der Waals surface area contributed by atoms with Gasteiger partial charge in [0.2, 0.25) is 0 Å². The van der Waals surface area contributed by atoms with Gasteiger partial charge in [-0.3, -0.25) is 0 Å². The van der Waals surface area contributed by atoms with E-state index in [1.807, 2.05) is 7.05 Å². The van der Waals surface area contributed by atoms with Gasteiger partial charge in [-0.2, -0.15) is 0 Å². The molecular weight excluding hydrogens is 238 g/mol. The summed E-state index contributed by atoms with van der Waals surface area (Å²) < 4.78 is 11.5. The summed E-state index contributed by atoms with van der Waals surface area (Å²) in [6, 6.07) is 7.01. The molecule has 0 amide bonds. The number of fused-ring (bicyclic) bond motifs is 1. The molecule has 1 fully saturated rings. The Bertz CT molecular complexity index is 460. The molecule has 3 nitrogen and oxygen atoms in total. The summed E-state index contributed by atoms with van der Waals surface area (Å²) >= 11 is 0. The second-order valence-corrected chi connectivity index (χ2v) is 5.91. The Balaban J connectivity index is 1.82. The monoisotopic (exact) mass is 261 g/mol. The van der Waals surface area contributed by atoms with Crippen LogP contribution in [0.5, 0.6) is 5.75 Å². The molecule has 4 atom stereocenters. The second-order valence-electron chi connectivity index (χ2n) is 5.91. The minimum absolute atomic E-state index is 0.313. The largest absolute Gasteiger partial charge is 0.490 e. The molecule has 3 heteroatoms. The predicted molar refractivity (Wildman–Crippen MR) is 75.6 cm³/mol. The maximum absolute atomic E-state index is 5.77. The van der Waals surface area contributed by atoms with Crippen molar-refractivity contribution >= 4 is 0 Å². The zero-order valence-electron chi connectivity index (χ0n) is 12.0. The third-order valence-corrected chi connectivity index (χ3v) is 4.29. The van der Waals surface area contributed by atoms with E-state index in [9.17, 15) is 0 Å². The highest BCUT2D eigenvalue weighted by Gasteiger charge is 2.30. The van der Waals surface area contributed by atoms with E-state index in [1.165, 1.54) is 11.1 Å². The van der Waals surface area contributed by atoms with E-state index in [0.717, 1.165) is 25.2 Å². The van der Waals surface area contributed by atoms with E-state index < -0.39 is 0 Å². The normalized spacial score (nSPS) is 31.0. The highest BCUT2D eigenvalue weighted by molar-refractivity contribution is 5.41. The standard InChI is InChI=1S/C16H23NO2/c1-10-6-14(9-18-10)16(17-3)12-4-5-15-13(8-12)7-11(2)19-15/h4-5,8,10-11,14,16-17H,6-7,9H2,1-3H3. The van der Waals surface area contributed by atoms with E-state index in [0.29, 0.717) is 24.2 Å². The van der Waals surface area contributed by atoms with Gasteiger partial charge in [-0.05, 0) is 44.5 Å². The fraction of sp³-hybridized carbons (Fsp3) is 0.625. The summed E-state index contributed by atoms with van der Waals surface area (Å²) in [4.78, 5) is 0. The highest BCUT2D eigenvalue weighted by atomic mass is 16.5. The van der Waals surface area contributed by atoms with Gasteiger partial charge in [0.15, 0.2) is 0 Å². The molecule has 2 heterocycles. The van der Waals surface area contributed by atoms with Crippen molar-refractivity contribution in [3.63, 3.8) is 0 Å². The molecule has 2 aliphatic heterocycles. The average Bonchev–Trinajstić information content (AvgIpc) is 2.95. The van der Waals surface area contributed by atoms with Crippen molar-refractivity contribution < 1.29 is 9.47 Å². The first-order valence-corrected chi connectivity index (χ1v) is 7.25. The van der Waals surface area contributed by atoms with Crippen LogP contribution in [0.4, 0.5) is 0 Å². The topological polar surface area (TPSA) is 30.5 Å². The third-order valence-electron chi connectivity index (χ3n) is 4.29. The van der Waals surface area contributed by atoms with Gasteiger partial charge in [-0.1, -0.05) is 12.1 Å². The van der Waals surface area contributed by atoms with Crippen LogP contribution in [0.15, 0.2) is 18.2 Å². The molecule has 1 N–H and O–H groups in total. The molecular formula is C16H23NO2. The van der Waals surface area contributed by atoms with Crippen LogP contribution in [-0.4, -0.2) is 25.9 Å². The quantitative estimate of drug-likeness (QED) is 0.907. The van der Waals surface area contributed by atoms with Crippen molar-refractivity contribution in [2.24, 2.45) is 5.92 Å². The van der Waals surface area contributed by atoms with Crippen molar-refractivity contribution in [2.45, 2.75) is 44.9 Å². The first-order valence-electron chi connectivity index (χ1n) is 7.25. The summed E-state index contributed by atoms with van der Waals surface area (Å²) in [6.45, 7) is 5.14. The van der Waals surface area contributed by atoms with E-state index in [4.69, 9.17) is 9.47 Å². The number of ether oxygens (including phenoxy) is 2. The van der Waals surface area contributed by atoms with Crippen molar-refractivity contribution in [1.82, 2.24) is 5.32 Å². The Hall–Kier alpha value is -1.06. The zero-order chi connectivity index (χ0) is 13.4. The zero-order valence-corrected chi connectivity index (χ0v) is 12.0. The molecule has 0 aliphatic carbocycles. The summed E-state index contributed by atoms with van der Waals surface area (Å²) in [7, 11) is 2.04.